The molecule has 2 aliphatic rings. The monoisotopic (exact) mass is 437 g/mol. The summed E-state index contributed by atoms with van der Waals surface area (Å²) in [5.41, 5.74) is 1.74. The second-order valence-electron chi connectivity index (χ2n) is 6.97. The van der Waals surface area contributed by atoms with Crippen LogP contribution in [0.2, 0.25) is 0 Å². The third-order valence-corrected chi connectivity index (χ3v) is 6.69. The molecule has 0 unspecified atom stereocenters. The number of hydrogen-bond acceptors (Lipinski definition) is 5. The molecule has 2 heterocycles. The smallest absolute Gasteiger partial charge is 0.224 e. The quantitative estimate of drug-likeness (QED) is 0.739. The van der Waals surface area contributed by atoms with Gasteiger partial charge < -0.3 is 15.5 Å². The minimum absolute atomic E-state index is 0. The molecule has 1 aromatic rings. The molecule has 154 valence electrons. The van der Waals surface area contributed by atoms with Crippen molar-refractivity contribution in [1.82, 2.24) is 5.32 Å². The third-order valence-electron chi connectivity index (χ3n) is 5.08. The van der Waals surface area contributed by atoms with E-state index in [2.05, 4.69) is 15.5 Å². The van der Waals surface area contributed by atoms with Gasteiger partial charge in [0.15, 0.2) is 9.84 Å². The van der Waals surface area contributed by atoms with Gasteiger partial charge in [0, 0.05) is 30.9 Å². The number of nitrogens with zero attached hydrogens (tertiary/aromatic N) is 1. The summed E-state index contributed by atoms with van der Waals surface area (Å²) in [5.74, 6) is 1.09. The standard InChI is InChI=1S/C18H27N3O3S.2ClH/c22-18(5-4-15-6-8-19-9-7-15)20-16-2-1-3-17(14-16)21-10-12-25(23,24)13-11-21;;/h1-3,14-15,19H,4-13H2,(H,20,22);2*1H. The van der Waals surface area contributed by atoms with Crippen LogP contribution in [0.5, 0.6) is 0 Å². The number of nitrogens with one attached hydrogen (secondary N) is 2. The molecule has 0 bridgehead atoms. The number of benzene rings is 1. The van der Waals surface area contributed by atoms with E-state index in [0.717, 1.165) is 43.7 Å². The molecule has 2 saturated heterocycles. The number of anilines is 2. The zero-order valence-corrected chi connectivity index (χ0v) is 17.8. The Morgan fingerprint density at radius 3 is 2.48 bits per heavy atom. The Morgan fingerprint density at radius 2 is 1.81 bits per heavy atom. The van der Waals surface area contributed by atoms with E-state index in [4.69, 9.17) is 0 Å². The highest BCUT2D eigenvalue weighted by Crippen LogP contribution is 2.22. The molecule has 0 aromatic heterocycles. The average molecular weight is 438 g/mol. The number of halogens is 2. The fourth-order valence-corrected chi connectivity index (χ4v) is 4.68. The van der Waals surface area contributed by atoms with Crippen LogP contribution in [0.25, 0.3) is 0 Å². The summed E-state index contributed by atoms with van der Waals surface area (Å²) in [7, 11) is -2.89. The highest BCUT2D eigenvalue weighted by atomic mass is 35.5. The van der Waals surface area contributed by atoms with Crippen LogP contribution in [0, 0.1) is 5.92 Å². The van der Waals surface area contributed by atoms with Crippen LogP contribution < -0.4 is 15.5 Å². The number of piperidine rings is 1. The van der Waals surface area contributed by atoms with E-state index in [1.165, 1.54) is 0 Å². The predicted octanol–water partition coefficient (Wildman–Crippen LogP) is 2.48. The minimum Gasteiger partial charge on any atom is -0.369 e. The zero-order chi connectivity index (χ0) is 17.7. The lowest BCUT2D eigenvalue weighted by atomic mass is 9.93. The summed E-state index contributed by atoms with van der Waals surface area (Å²) in [5, 5.41) is 6.32. The van der Waals surface area contributed by atoms with Gasteiger partial charge in [0.1, 0.15) is 0 Å². The summed E-state index contributed by atoms with van der Waals surface area (Å²) in [4.78, 5) is 14.3. The fraction of sp³-hybridized carbons (Fsp3) is 0.611. The molecule has 0 spiro atoms. The molecule has 0 atom stereocenters. The molecular formula is C18H29Cl2N3O3S. The first-order valence-corrected chi connectivity index (χ1v) is 10.9. The number of carbonyl (C=O) groups excluding carboxylic acids is 1. The predicted molar refractivity (Wildman–Crippen MR) is 115 cm³/mol. The van der Waals surface area contributed by atoms with Crippen LogP contribution in [-0.2, 0) is 14.6 Å². The maximum atomic E-state index is 12.2. The Labute approximate surface area is 174 Å². The van der Waals surface area contributed by atoms with Gasteiger partial charge in [-0.25, -0.2) is 8.42 Å². The maximum absolute atomic E-state index is 12.2. The summed E-state index contributed by atoms with van der Waals surface area (Å²) < 4.78 is 23.1. The lowest BCUT2D eigenvalue weighted by Gasteiger charge is -2.29. The van der Waals surface area contributed by atoms with E-state index in [9.17, 15) is 13.2 Å². The molecular weight excluding hydrogens is 409 g/mol. The molecule has 6 nitrogen and oxygen atoms in total. The van der Waals surface area contributed by atoms with Gasteiger partial charge in [-0.15, -0.1) is 24.8 Å². The van der Waals surface area contributed by atoms with Crippen molar-refractivity contribution < 1.29 is 13.2 Å². The highest BCUT2D eigenvalue weighted by molar-refractivity contribution is 7.91. The number of hydrogen-bond donors (Lipinski definition) is 2. The van der Waals surface area contributed by atoms with Crippen LogP contribution in [0.1, 0.15) is 25.7 Å². The van der Waals surface area contributed by atoms with Crippen LogP contribution in [0.3, 0.4) is 0 Å². The molecule has 9 heteroatoms. The minimum atomic E-state index is -2.89. The van der Waals surface area contributed by atoms with Gasteiger partial charge in [-0.3, -0.25) is 4.79 Å². The van der Waals surface area contributed by atoms with E-state index in [1.807, 2.05) is 24.3 Å². The Hall–Kier alpha value is -1.02. The zero-order valence-electron chi connectivity index (χ0n) is 15.4. The summed E-state index contributed by atoms with van der Waals surface area (Å²) in [6, 6.07) is 7.68. The summed E-state index contributed by atoms with van der Waals surface area (Å²) >= 11 is 0. The molecule has 1 amide bonds. The molecule has 2 N–H and O–H groups in total. The lowest BCUT2D eigenvalue weighted by molar-refractivity contribution is -0.116. The first-order valence-electron chi connectivity index (χ1n) is 9.08. The SMILES string of the molecule is Cl.Cl.O=C(CCC1CCNCC1)Nc1cccc(N2CCS(=O)(=O)CC2)c1. The van der Waals surface area contributed by atoms with Gasteiger partial charge in [0.2, 0.25) is 5.91 Å². The van der Waals surface area contributed by atoms with Gasteiger partial charge in [-0.2, -0.15) is 0 Å². The Morgan fingerprint density at radius 1 is 1.15 bits per heavy atom. The van der Waals surface area contributed by atoms with Crippen LogP contribution in [0.15, 0.2) is 24.3 Å². The van der Waals surface area contributed by atoms with Gasteiger partial charge >= 0.3 is 0 Å². The molecule has 3 rings (SSSR count). The van der Waals surface area contributed by atoms with Crippen molar-refractivity contribution in [2.75, 3.05) is 47.9 Å². The summed E-state index contributed by atoms with van der Waals surface area (Å²) in [6.45, 7) is 3.13. The molecule has 0 aliphatic carbocycles. The average Bonchev–Trinajstić information content (AvgIpc) is 2.61. The second kappa shape index (κ2) is 11.1. The van der Waals surface area contributed by atoms with Gasteiger partial charge in [0.25, 0.3) is 0 Å². The Kier molecular flexibility index (Phi) is 9.87. The van der Waals surface area contributed by atoms with Gasteiger partial charge in [0.05, 0.1) is 11.5 Å². The fourth-order valence-electron chi connectivity index (χ4n) is 3.48. The maximum Gasteiger partial charge on any atom is 0.224 e. The first-order chi connectivity index (χ1) is 12.0. The molecule has 2 aliphatic heterocycles. The van der Waals surface area contributed by atoms with E-state index in [-0.39, 0.29) is 42.2 Å². The molecule has 2 fully saturated rings. The number of sulfone groups is 1. The van der Waals surface area contributed by atoms with E-state index in [1.54, 1.807) is 0 Å². The number of amides is 1. The van der Waals surface area contributed by atoms with Crippen LogP contribution in [-0.4, -0.2) is 52.0 Å². The first kappa shape index (κ1) is 24.0. The van der Waals surface area contributed by atoms with Crippen molar-refractivity contribution >= 4 is 51.9 Å². The van der Waals surface area contributed by atoms with E-state index in [0.29, 0.717) is 25.4 Å². The number of rotatable bonds is 5. The van der Waals surface area contributed by atoms with E-state index >= 15 is 0 Å². The van der Waals surface area contributed by atoms with Crippen molar-refractivity contribution in [2.45, 2.75) is 25.7 Å². The second-order valence-corrected chi connectivity index (χ2v) is 9.27. The van der Waals surface area contributed by atoms with Crippen molar-refractivity contribution in [2.24, 2.45) is 5.92 Å². The Bertz CT molecular complexity index is 696. The third kappa shape index (κ3) is 7.49. The molecule has 0 saturated carbocycles. The van der Waals surface area contributed by atoms with Crippen LogP contribution >= 0.6 is 24.8 Å². The van der Waals surface area contributed by atoms with E-state index < -0.39 is 9.84 Å². The highest BCUT2D eigenvalue weighted by Gasteiger charge is 2.22. The molecule has 27 heavy (non-hydrogen) atoms. The number of carbonyl (C=O) groups is 1. The van der Waals surface area contributed by atoms with Crippen molar-refractivity contribution in [3.8, 4) is 0 Å². The topological polar surface area (TPSA) is 78.5 Å². The normalized spacial score (nSPS) is 19.5. The van der Waals surface area contributed by atoms with Crippen molar-refractivity contribution in [3.05, 3.63) is 24.3 Å². The van der Waals surface area contributed by atoms with Gasteiger partial charge in [-0.1, -0.05) is 6.07 Å². The van der Waals surface area contributed by atoms with Crippen LogP contribution in [0.4, 0.5) is 11.4 Å². The van der Waals surface area contributed by atoms with Crippen molar-refractivity contribution in [3.63, 3.8) is 0 Å². The van der Waals surface area contributed by atoms with Crippen molar-refractivity contribution in [1.29, 1.82) is 0 Å². The largest absolute Gasteiger partial charge is 0.369 e. The van der Waals surface area contributed by atoms with Gasteiger partial charge in [-0.05, 0) is 56.5 Å². The Balaban J connectivity index is 0.00000182. The molecule has 1 aromatic carbocycles. The summed E-state index contributed by atoms with van der Waals surface area (Å²) in [6.07, 6.45) is 3.80. The molecule has 0 radical (unpaired) electrons. The lowest BCUT2D eigenvalue weighted by Crippen LogP contribution is -2.40.